The molecule has 1 aliphatic rings. The Hall–Kier alpha value is -1.42. The number of carbonyl (C=O) groups excluding carboxylic acids is 1. The van der Waals surface area contributed by atoms with Crippen molar-refractivity contribution in [1.82, 2.24) is 9.88 Å². The Kier molecular flexibility index (Phi) is 4.92. The zero-order valence-electron chi connectivity index (χ0n) is 9.85. The first-order chi connectivity index (χ1) is 7.81. The first kappa shape index (κ1) is 12.6. The number of hydrogen-bond acceptors (Lipinski definition) is 4. The maximum Gasteiger partial charge on any atom is 0.137 e. The summed E-state index contributed by atoms with van der Waals surface area (Å²) in [5.41, 5.74) is 1.27. The Balaban J connectivity index is 0.000000606. The predicted molar refractivity (Wildman–Crippen MR) is 62.5 cm³/mol. The van der Waals surface area contributed by atoms with Gasteiger partial charge in [0.2, 0.25) is 0 Å². The van der Waals surface area contributed by atoms with Crippen molar-refractivity contribution in [1.29, 1.82) is 0 Å². The second-order valence-electron chi connectivity index (χ2n) is 3.80. The van der Waals surface area contributed by atoms with E-state index in [1.165, 1.54) is 24.9 Å². The fraction of sp³-hybridized carbons (Fsp3) is 0.500. The van der Waals surface area contributed by atoms with Crippen LogP contribution in [0.3, 0.4) is 0 Å². The van der Waals surface area contributed by atoms with E-state index in [0.29, 0.717) is 6.04 Å². The van der Waals surface area contributed by atoms with Crippen LogP contribution in [0.4, 0.5) is 0 Å². The normalized spacial score (nSPS) is 20.0. The number of nitrogens with zero attached hydrogens (tertiary/aromatic N) is 2. The molecule has 2 rings (SSSR count). The van der Waals surface area contributed by atoms with Crippen molar-refractivity contribution in [2.45, 2.75) is 18.9 Å². The summed E-state index contributed by atoms with van der Waals surface area (Å²) in [6.45, 7) is 3.18. The summed E-state index contributed by atoms with van der Waals surface area (Å²) in [6, 6.07) is 2.61. The largest absolute Gasteiger partial charge is 0.495 e. The summed E-state index contributed by atoms with van der Waals surface area (Å²) in [5.74, 6) is 0.850. The molecule has 0 aromatic carbocycles. The van der Waals surface area contributed by atoms with Crippen molar-refractivity contribution in [2.24, 2.45) is 0 Å². The van der Waals surface area contributed by atoms with Gasteiger partial charge >= 0.3 is 0 Å². The SMILES string of the molecule is C=O.COc1cncc([C@@H]2CCCN2C)c1. The molecule has 0 aliphatic carbocycles. The maximum absolute atomic E-state index is 8.00. The van der Waals surface area contributed by atoms with E-state index in [4.69, 9.17) is 9.53 Å². The van der Waals surface area contributed by atoms with Gasteiger partial charge in [-0.05, 0) is 38.1 Å². The van der Waals surface area contributed by atoms with Crippen molar-refractivity contribution in [3.63, 3.8) is 0 Å². The Labute approximate surface area is 96.2 Å². The molecule has 1 aromatic heterocycles. The van der Waals surface area contributed by atoms with Crippen molar-refractivity contribution < 1.29 is 9.53 Å². The van der Waals surface area contributed by atoms with E-state index in [-0.39, 0.29) is 0 Å². The molecule has 2 heterocycles. The van der Waals surface area contributed by atoms with Gasteiger partial charge in [0.1, 0.15) is 12.5 Å². The highest BCUT2D eigenvalue weighted by molar-refractivity contribution is 5.26. The van der Waals surface area contributed by atoms with Crippen LogP contribution in [0.5, 0.6) is 5.75 Å². The number of hydrogen-bond donors (Lipinski definition) is 0. The average Bonchev–Trinajstić information content (AvgIpc) is 2.78. The molecule has 0 unspecified atom stereocenters. The van der Waals surface area contributed by atoms with Crippen LogP contribution in [-0.2, 0) is 4.79 Å². The van der Waals surface area contributed by atoms with Crippen LogP contribution in [0.25, 0.3) is 0 Å². The molecule has 1 fully saturated rings. The molecule has 0 saturated carbocycles. The number of methoxy groups -OCH3 is 1. The Morgan fingerprint density at radius 1 is 1.50 bits per heavy atom. The second kappa shape index (κ2) is 6.23. The van der Waals surface area contributed by atoms with Gasteiger partial charge < -0.3 is 9.53 Å². The zero-order valence-corrected chi connectivity index (χ0v) is 9.85. The fourth-order valence-electron chi connectivity index (χ4n) is 2.06. The molecule has 88 valence electrons. The van der Waals surface area contributed by atoms with E-state index in [0.717, 1.165) is 5.75 Å². The number of rotatable bonds is 2. The van der Waals surface area contributed by atoms with Gasteiger partial charge in [-0.3, -0.25) is 9.88 Å². The van der Waals surface area contributed by atoms with Gasteiger partial charge in [-0.15, -0.1) is 0 Å². The minimum absolute atomic E-state index is 0.526. The second-order valence-corrected chi connectivity index (χ2v) is 3.80. The lowest BCUT2D eigenvalue weighted by atomic mass is 10.1. The molecule has 4 nitrogen and oxygen atoms in total. The van der Waals surface area contributed by atoms with Crippen molar-refractivity contribution in [3.05, 3.63) is 24.0 Å². The van der Waals surface area contributed by atoms with Gasteiger partial charge in [0.05, 0.1) is 13.3 Å². The lowest BCUT2D eigenvalue weighted by Crippen LogP contribution is -2.17. The molecule has 16 heavy (non-hydrogen) atoms. The number of ether oxygens (including phenoxy) is 1. The molecule has 1 aromatic rings. The van der Waals surface area contributed by atoms with Crippen LogP contribution >= 0.6 is 0 Å². The van der Waals surface area contributed by atoms with Gasteiger partial charge in [-0.25, -0.2) is 0 Å². The summed E-state index contributed by atoms with van der Waals surface area (Å²) in [5, 5.41) is 0. The number of likely N-dealkylation sites (tertiary alicyclic amines) is 1. The monoisotopic (exact) mass is 222 g/mol. The number of aromatic nitrogens is 1. The van der Waals surface area contributed by atoms with Crippen molar-refractivity contribution in [2.75, 3.05) is 20.7 Å². The highest BCUT2D eigenvalue weighted by Crippen LogP contribution is 2.31. The molecule has 0 amide bonds. The summed E-state index contributed by atoms with van der Waals surface area (Å²) in [7, 11) is 3.84. The minimum Gasteiger partial charge on any atom is -0.495 e. The zero-order chi connectivity index (χ0) is 12.0. The average molecular weight is 222 g/mol. The van der Waals surface area contributed by atoms with Crippen LogP contribution in [0.15, 0.2) is 18.5 Å². The van der Waals surface area contributed by atoms with E-state index in [9.17, 15) is 0 Å². The third-order valence-electron chi connectivity index (χ3n) is 2.88. The van der Waals surface area contributed by atoms with Crippen LogP contribution < -0.4 is 4.74 Å². The standard InChI is InChI=1S/C11H16N2O.CH2O/c1-13-5-3-4-11(13)9-6-10(14-2)8-12-7-9;1-2/h6-8,11H,3-5H2,1-2H3;1H2/t11-;/m0./s1. The van der Waals surface area contributed by atoms with E-state index in [1.807, 2.05) is 13.0 Å². The molecule has 0 radical (unpaired) electrons. The third kappa shape index (κ3) is 2.79. The number of carbonyl (C=O) groups is 1. The Morgan fingerprint density at radius 2 is 2.25 bits per heavy atom. The van der Waals surface area contributed by atoms with Gasteiger partial charge in [0, 0.05) is 12.2 Å². The van der Waals surface area contributed by atoms with Gasteiger partial charge in [-0.2, -0.15) is 0 Å². The highest BCUT2D eigenvalue weighted by atomic mass is 16.5. The smallest absolute Gasteiger partial charge is 0.137 e. The topological polar surface area (TPSA) is 42.4 Å². The summed E-state index contributed by atoms with van der Waals surface area (Å²) < 4.78 is 5.17. The minimum atomic E-state index is 0.526. The molecule has 0 N–H and O–H groups in total. The molecule has 0 spiro atoms. The van der Waals surface area contributed by atoms with Crippen LogP contribution in [0.1, 0.15) is 24.4 Å². The van der Waals surface area contributed by atoms with E-state index in [1.54, 1.807) is 13.3 Å². The molecule has 4 heteroatoms. The molecular formula is C12H18N2O2. The molecular weight excluding hydrogens is 204 g/mol. The number of pyridine rings is 1. The lowest BCUT2D eigenvalue weighted by molar-refractivity contribution is -0.0979. The van der Waals surface area contributed by atoms with E-state index < -0.39 is 0 Å². The Bertz CT molecular complexity index is 331. The van der Waals surface area contributed by atoms with Gasteiger partial charge in [-0.1, -0.05) is 0 Å². The summed E-state index contributed by atoms with van der Waals surface area (Å²) in [6.07, 6.45) is 6.19. The fourth-order valence-corrected chi connectivity index (χ4v) is 2.06. The first-order valence-electron chi connectivity index (χ1n) is 5.29. The van der Waals surface area contributed by atoms with Crippen LogP contribution in [0.2, 0.25) is 0 Å². The van der Waals surface area contributed by atoms with Crippen LogP contribution in [-0.4, -0.2) is 37.4 Å². The maximum atomic E-state index is 8.00. The quantitative estimate of drug-likeness (QED) is 0.763. The van der Waals surface area contributed by atoms with E-state index in [2.05, 4.69) is 23.0 Å². The van der Waals surface area contributed by atoms with Crippen molar-refractivity contribution >= 4 is 6.79 Å². The van der Waals surface area contributed by atoms with Gasteiger partial charge in [0.15, 0.2) is 0 Å². The van der Waals surface area contributed by atoms with Gasteiger partial charge in [0.25, 0.3) is 0 Å². The lowest BCUT2D eigenvalue weighted by Gasteiger charge is -2.19. The Morgan fingerprint density at radius 3 is 2.81 bits per heavy atom. The van der Waals surface area contributed by atoms with Crippen LogP contribution in [0, 0.1) is 0 Å². The summed E-state index contributed by atoms with van der Waals surface area (Å²) >= 11 is 0. The first-order valence-corrected chi connectivity index (χ1v) is 5.29. The molecule has 1 atom stereocenters. The molecule has 0 bridgehead atoms. The highest BCUT2D eigenvalue weighted by Gasteiger charge is 2.22. The molecule has 1 saturated heterocycles. The summed E-state index contributed by atoms with van der Waals surface area (Å²) in [4.78, 5) is 14.6. The van der Waals surface area contributed by atoms with E-state index >= 15 is 0 Å². The predicted octanol–water partition coefficient (Wildman–Crippen LogP) is 1.67. The molecule has 1 aliphatic heterocycles. The van der Waals surface area contributed by atoms with Crippen molar-refractivity contribution in [3.8, 4) is 5.75 Å². The third-order valence-corrected chi connectivity index (χ3v) is 2.88.